The van der Waals surface area contributed by atoms with Crippen LogP contribution in [0.15, 0.2) is 36.5 Å². The molecule has 1 heterocycles. The molecule has 0 aliphatic heterocycles. The summed E-state index contributed by atoms with van der Waals surface area (Å²) in [5.74, 6) is -0.876. The van der Waals surface area contributed by atoms with E-state index in [1.54, 1.807) is 0 Å². The van der Waals surface area contributed by atoms with Crippen molar-refractivity contribution >= 4 is 28.9 Å². The third-order valence-corrected chi connectivity index (χ3v) is 4.12. The Morgan fingerprint density at radius 1 is 1.27 bits per heavy atom. The van der Waals surface area contributed by atoms with Crippen molar-refractivity contribution in [2.75, 3.05) is 11.9 Å². The Morgan fingerprint density at radius 3 is 2.63 bits per heavy atom. The maximum Gasteiger partial charge on any atom is 0.420 e. The molecule has 0 saturated heterocycles. The third-order valence-electron chi connectivity index (χ3n) is 3.92. The number of hydrogen-bond donors (Lipinski definition) is 2. The molecule has 158 valence electrons. The van der Waals surface area contributed by atoms with Crippen molar-refractivity contribution in [1.82, 2.24) is 10.3 Å². The van der Waals surface area contributed by atoms with Gasteiger partial charge in [0.15, 0.2) is 5.11 Å². The Balaban J connectivity index is 2.06. The Labute approximate surface area is 177 Å². The standard InChI is InChI=1S/C20H19F3N4O2S/c1-2-3-4-9-29-17-8-7-14(10-16(17)20(21,22)23)26-19(30)27-18(28)13-5-6-15(11-24)25-12-13/h5-8,10,12H,2-4,9H2,1H3,(H2,26,27,28,30). The number of carbonyl (C=O) groups excluding carboxylic acids is 1. The number of aromatic nitrogens is 1. The van der Waals surface area contributed by atoms with Crippen molar-refractivity contribution < 1.29 is 22.7 Å². The molecule has 30 heavy (non-hydrogen) atoms. The molecule has 1 aromatic heterocycles. The highest BCUT2D eigenvalue weighted by Crippen LogP contribution is 2.38. The number of halogens is 3. The number of amides is 1. The summed E-state index contributed by atoms with van der Waals surface area (Å²) in [5, 5.41) is 13.4. The summed E-state index contributed by atoms with van der Waals surface area (Å²) in [6, 6.07) is 8.04. The number of nitriles is 1. The van der Waals surface area contributed by atoms with Crippen LogP contribution in [0.2, 0.25) is 0 Å². The first kappa shape index (κ1) is 23.1. The molecule has 2 N–H and O–H groups in total. The lowest BCUT2D eigenvalue weighted by Crippen LogP contribution is -2.34. The van der Waals surface area contributed by atoms with E-state index < -0.39 is 17.6 Å². The smallest absolute Gasteiger partial charge is 0.420 e. The molecule has 10 heteroatoms. The van der Waals surface area contributed by atoms with E-state index in [4.69, 9.17) is 22.2 Å². The third kappa shape index (κ3) is 6.70. The van der Waals surface area contributed by atoms with Crippen LogP contribution in [0, 0.1) is 11.3 Å². The summed E-state index contributed by atoms with van der Waals surface area (Å²) in [7, 11) is 0. The van der Waals surface area contributed by atoms with Crippen molar-refractivity contribution in [2.45, 2.75) is 32.4 Å². The Morgan fingerprint density at radius 2 is 2.03 bits per heavy atom. The fourth-order valence-corrected chi connectivity index (χ4v) is 2.63. The molecule has 1 aromatic carbocycles. The molecule has 0 atom stereocenters. The number of thiocarbonyl (C=S) groups is 1. The van der Waals surface area contributed by atoms with E-state index in [1.807, 2.05) is 13.0 Å². The molecular weight excluding hydrogens is 417 g/mol. The van der Waals surface area contributed by atoms with E-state index in [0.29, 0.717) is 6.42 Å². The SMILES string of the molecule is CCCCCOc1ccc(NC(=S)NC(=O)c2ccc(C#N)nc2)cc1C(F)(F)F. The first-order chi connectivity index (χ1) is 14.2. The second kappa shape index (κ2) is 10.5. The Hall–Kier alpha value is -3.19. The quantitative estimate of drug-likeness (QED) is 0.485. The molecular formula is C20H19F3N4O2S. The minimum atomic E-state index is -4.61. The largest absolute Gasteiger partial charge is 0.493 e. The summed E-state index contributed by atoms with van der Waals surface area (Å²) >= 11 is 5.00. The maximum atomic E-state index is 13.4. The van der Waals surface area contributed by atoms with Crippen molar-refractivity contribution in [1.29, 1.82) is 5.26 Å². The van der Waals surface area contributed by atoms with Gasteiger partial charge in [-0.3, -0.25) is 10.1 Å². The number of pyridine rings is 1. The minimum absolute atomic E-state index is 0.0477. The van der Waals surface area contributed by atoms with E-state index in [9.17, 15) is 18.0 Å². The zero-order chi connectivity index (χ0) is 22.1. The number of benzene rings is 1. The molecule has 0 saturated carbocycles. The predicted molar refractivity (Wildman–Crippen MR) is 109 cm³/mol. The predicted octanol–water partition coefficient (Wildman–Crippen LogP) is 4.67. The first-order valence-electron chi connectivity index (χ1n) is 9.07. The molecule has 1 amide bonds. The second-order valence-corrected chi connectivity index (χ2v) is 6.62. The van der Waals surface area contributed by atoms with Crippen LogP contribution in [0.4, 0.5) is 18.9 Å². The van der Waals surface area contributed by atoms with E-state index in [-0.39, 0.29) is 34.4 Å². The van der Waals surface area contributed by atoms with Crippen molar-refractivity contribution in [3.8, 4) is 11.8 Å². The Kier molecular flexibility index (Phi) is 8.12. The monoisotopic (exact) mass is 436 g/mol. The van der Waals surface area contributed by atoms with Gasteiger partial charge in [0.1, 0.15) is 17.5 Å². The second-order valence-electron chi connectivity index (χ2n) is 6.22. The van der Waals surface area contributed by atoms with E-state index in [2.05, 4.69) is 15.6 Å². The topological polar surface area (TPSA) is 87.0 Å². The van der Waals surface area contributed by atoms with Crippen LogP contribution in [0.3, 0.4) is 0 Å². The van der Waals surface area contributed by atoms with Gasteiger partial charge in [0, 0.05) is 11.9 Å². The van der Waals surface area contributed by atoms with Crippen LogP contribution in [-0.2, 0) is 6.18 Å². The highest BCUT2D eigenvalue weighted by atomic mass is 32.1. The van der Waals surface area contributed by atoms with Crippen molar-refractivity contribution in [3.05, 3.63) is 53.3 Å². The van der Waals surface area contributed by atoms with E-state index >= 15 is 0 Å². The van der Waals surface area contributed by atoms with Gasteiger partial charge in [0.05, 0.1) is 17.7 Å². The zero-order valence-corrected chi connectivity index (χ0v) is 16.9. The number of ether oxygens (including phenoxy) is 1. The first-order valence-corrected chi connectivity index (χ1v) is 9.48. The van der Waals surface area contributed by atoms with Crippen molar-refractivity contribution in [2.24, 2.45) is 0 Å². The zero-order valence-electron chi connectivity index (χ0n) is 16.0. The highest BCUT2D eigenvalue weighted by molar-refractivity contribution is 7.80. The van der Waals surface area contributed by atoms with Crippen LogP contribution in [0.5, 0.6) is 5.75 Å². The van der Waals surface area contributed by atoms with Gasteiger partial charge in [0.2, 0.25) is 0 Å². The van der Waals surface area contributed by atoms with Crippen LogP contribution >= 0.6 is 12.2 Å². The van der Waals surface area contributed by atoms with E-state index in [1.165, 1.54) is 30.5 Å². The van der Waals surface area contributed by atoms with Crippen LogP contribution < -0.4 is 15.4 Å². The van der Waals surface area contributed by atoms with Gasteiger partial charge in [-0.2, -0.15) is 18.4 Å². The normalized spacial score (nSPS) is 10.8. The maximum absolute atomic E-state index is 13.4. The van der Waals surface area contributed by atoms with Crippen LogP contribution in [0.1, 0.15) is 47.8 Å². The number of carbonyl (C=O) groups is 1. The van der Waals surface area contributed by atoms with Gasteiger partial charge in [0.25, 0.3) is 5.91 Å². The lowest BCUT2D eigenvalue weighted by atomic mass is 10.1. The molecule has 2 aromatic rings. The number of hydrogen-bond acceptors (Lipinski definition) is 5. The molecule has 0 fully saturated rings. The molecule has 0 spiro atoms. The molecule has 0 bridgehead atoms. The summed E-state index contributed by atoms with van der Waals surface area (Å²) in [5.41, 5.74) is -0.602. The summed E-state index contributed by atoms with van der Waals surface area (Å²) in [6.07, 6.45) is -0.961. The Bertz CT molecular complexity index is 941. The minimum Gasteiger partial charge on any atom is -0.493 e. The lowest BCUT2D eigenvalue weighted by molar-refractivity contribution is -0.138. The van der Waals surface area contributed by atoms with Crippen LogP contribution in [-0.4, -0.2) is 22.6 Å². The summed E-state index contributed by atoms with van der Waals surface area (Å²) < 4.78 is 45.5. The van der Waals surface area contributed by atoms with Gasteiger partial charge >= 0.3 is 6.18 Å². The van der Waals surface area contributed by atoms with Crippen molar-refractivity contribution in [3.63, 3.8) is 0 Å². The van der Waals surface area contributed by atoms with Gasteiger partial charge in [-0.25, -0.2) is 4.98 Å². The van der Waals surface area contributed by atoms with Gasteiger partial charge in [-0.1, -0.05) is 19.8 Å². The fourth-order valence-electron chi connectivity index (χ4n) is 2.42. The van der Waals surface area contributed by atoms with Gasteiger partial charge in [-0.15, -0.1) is 0 Å². The van der Waals surface area contributed by atoms with Gasteiger partial charge < -0.3 is 10.1 Å². The number of unbranched alkanes of at least 4 members (excludes halogenated alkanes) is 2. The number of anilines is 1. The van der Waals surface area contributed by atoms with E-state index in [0.717, 1.165) is 18.9 Å². The van der Waals surface area contributed by atoms with Gasteiger partial charge in [-0.05, 0) is 49.0 Å². The lowest BCUT2D eigenvalue weighted by Gasteiger charge is -2.16. The molecule has 0 radical (unpaired) electrons. The molecule has 6 nitrogen and oxygen atoms in total. The molecule has 0 aliphatic rings. The molecule has 0 unspecified atom stereocenters. The summed E-state index contributed by atoms with van der Waals surface area (Å²) in [6.45, 7) is 2.18. The average Bonchev–Trinajstić information content (AvgIpc) is 2.71. The molecule has 0 aliphatic carbocycles. The number of nitrogens with zero attached hydrogens (tertiary/aromatic N) is 2. The fraction of sp³-hybridized carbons (Fsp3) is 0.300. The number of alkyl halides is 3. The number of nitrogens with one attached hydrogen (secondary N) is 2. The molecule has 2 rings (SSSR count). The van der Waals surface area contributed by atoms with Crippen LogP contribution in [0.25, 0.3) is 0 Å². The number of rotatable bonds is 7. The average molecular weight is 436 g/mol. The summed E-state index contributed by atoms with van der Waals surface area (Å²) in [4.78, 5) is 15.9. The highest BCUT2D eigenvalue weighted by Gasteiger charge is 2.34.